The summed E-state index contributed by atoms with van der Waals surface area (Å²) < 4.78 is 73.7. The zero-order chi connectivity index (χ0) is 28.9. The smallest absolute Gasteiger partial charge is 0.408 e. The van der Waals surface area contributed by atoms with Crippen LogP contribution in [0, 0.1) is 11.7 Å². The number of carbonyl (C=O) groups excluding carboxylic acids is 3. The normalized spacial score (nSPS) is 21.5. The Balaban J connectivity index is 1.78. The van der Waals surface area contributed by atoms with Crippen LogP contribution >= 0.6 is 11.6 Å². The molecule has 1 aliphatic heterocycles. The van der Waals surface area contributed by atoms with Crippen LogP contribution in [0.1, 0.15) is 49.5 Å². The molecule has 1 saturated carbocycles. The van der Waals surface area contributed by atoms with Crippen molar-refractivity contribution in [3.8, 4) is 0 Å². The molecule has 4 rings (SSSR count). The number of hydrogen-bond donors (Lipinski definition) is 1. The van der Waals surface area contributed by atoms with Crippen LogP contribution in [0.3, 0.4) is 0 Å². The predicted octanol–water partition coefficient (Wildman–Crippen LogP) is 4.92. The molecular formula is C26H26ClF3N2O6S. The number of anilines is 1. The molecule has 1 N–H and O–H groups in total. The van der Waals surface area contributed by atoms with Crippen LogP contribution in [0.15, 0.2) is 41.3 Å². The van der Waals surface area contributed by atoms with E-state index in [-0.39, 0.29) is 12.2 Å². The first-order valence-electron chi connectivity index (χ1n) is 12.0. The first-order valence-corrected chi connectivity index (χ1v) is 14.0. The van der Waals surface area contributed by atoms with Gasteiger partial charge in [0.2, 0.25) is 0 Å². The van der Waals surface area contributed by atoms with Crippen molar-refractivity contribution >= 4 is 44.9 Å². The van der Waals surface area contributed by atoms with E-state index in [1.54, 1.807) is 45.0 Å². The summed E-state index contributed by atoms with van der Waals surface area (Å²) in [7, 11) is -4.40. The maximum absolute atomic E-state index is 15.1. The summed E-state index contributed by atoms with van der Waals surface area (Å²) in [6.45, 7) is 4.52. The van der Waals surface area contributed by atoms with Gasteiger partial charge in [-0.1, -0.05) is 23.7 Å². The molecule has 39 heavy (non-hydrogen) atoms. The summed E-state index contributed by atoms with van der Waals surface area (Å²) in [5.74, 6) is -8.18. The monoisotopic (exact) mass is 586 g/mol. The number of alkyl carbamates (subject to hydrolysis) is 1. The fourth-order valence-electron chi connectivity index (χ4n) is 4.22. The van der Waals surface area contributed by atoms with Crippen LogP contribution in [0.4, 0.5) is 23.7 Å². The van der Waals surface area contributed by atoms with Gasteiger partial charge < -0.3 is 15.0 Å². The van der Waals surface area contributed by atoms with E-state index in [9.17, 15) is 31.6 Å². The molecule has 0 saturated heterocycles. The van der Waals surface area contributed by atoms with Crippen molar-refractivity contribution in [1.82, 2.24) is 5.32 Å². The van der Waals surface area contributed by atoms with Crippen LogP contribution in [0.5, 0.6) is 0 Å². The Labute approximate surface area is 228 Å². The van der Waals surface area contributed by atoms with Gasteiger partial charge in [0.25, 0.3) is 11.8 Å². The Bertz CT molecular complexity index is 1440. The number of nitrogens with one attached hydrogen (secondary N) is 1. The quantitative estimate of drug-likeness (QED) is 0.481. The number of alkyl halides is 2. The number of ether oxygens (including phenoxy) is 1. The molecule has 2 aromatic rings. The molecule has 2 atom stereocenters. The maximum Gasteiger partial charge on any atom is 0.408 e. The first-order chi connectivity index (χ1) is 18.0. The van der Waals surface area contributed by atoms with Crippen molar-refractivity contribution < 1.29 is 40.7 Å². The van der Waals surface area contributed by atoms with Gasteiger partial charge in [0.05, 0.1) is 28.4 Å². The highest BCUT2D eigenvalue weighted by molar-refractivity contribution is 7.91. The zero-order valence-electron chi connectivity index (χ0n) is 21.3. The molecule has 2 aliphatic rings. The molecule has 13 heteroatoms. The van der Waals surface area contributed by atoms with Gasteiger partial charge in [-0.05, 0) is 50.6 Å². The fraction of sp³-hybridized carbons (Fsp3) is 0.423. The standard InChI is InChI=1S/C26H26ClF3N2O6S/c1-25(2,3)38-24(35)31-19-13-39(36,37)22-10-18(28)17(21(33)8-15-11-26(15,29)30)9-20(22)32(23(19)34)12-14-4-6-16(27)7-5-14/h4-7,9-10,15,19H,8,11-13H2,1-3H3,(H,31,35)/t15-,19-/m0/s1. The van der Waals surface area contributed by atoms with Crippen LogP contribution < -0.4 is 10.2 Å². The minimum absolute atomic E-state index is 0.231. The van der Waals surface area contributed by atoms with Crippen LogP contribution in [0.25, 0.3) is 0 Å². The van der Waals surface area contributed by atoms with Gasteiger partial charge in [0, 0.05) is 23.8 Å². The van der Waals surface area contributed by atoms with E-state index in [1.165, 1.54) is 0 Å². The van der Waals surface area contributed by atoms with Crippen LogP contribution in [-0.4, -0.2) is 49.5 Å². The van der Waals surface area contributed by atoms with Gasteiger partial charge in [-0.15, -0.1) is 0 Å². The average Bonchev–Trinajstić information content (AvgIpc) is 3.42. The van der Waals surface area contributed by atoms with Crippen molar-refractivity contribution in [2.75, 3.05) is 10.7 Å². The Morgan fingerprint density at radius 1 is 1.18 bits per heavy atom. The van der Waals surface area contributed by atoms with Gasteiger partial charge in [-0.25, -0.2) is 26.4 Å². The lowest BCUT2D eigenvalue weighted by Gasteiger charge is -2.27. The van der Waals surface area contributed by atoms with Gasteiger partial charge in [0.15, 0.2) is 15.6 Å². The molecule has 1 fully saturated rings. The molecule has 2 amide bonds. The van der Waals surface area contributed by atoms with Gasteiger partial charge >= 0.3 is 6.09 Å². The van der Waals surface area contributed by atoms with E-state index >= 15 is 4.39 Å². The number of fused-ring (bicyclic) bond motifs is 1. The molecule has 0 radical (unpaired) electrons. The van der Waals surface area contributed by atoms with Crippen LogP contribution in [0.2, 0.25) is 5.02 Å². The SMILES string of the molecule is CC(C)(C)OC(=O)N[C@H]1CS(=O)(=O)c2cc(F)c(C(=O)C[C@H]3CC3(F)F)cc2N(Cc2ccc(Cl)cc2)C1=O. The van der Waals surface area contributed by atoms with Gasteiger partial charge in [0.1, 0.15) is 17.5 Å². The van der Waals surface area contributed by atoms with Crippen molar-refractivity contribution in [3.63, 3.8) is 0 Å². The Morgan fingerprint density at radius 2 is 1.79 bits per heavy atom. The molecule has 0 spiro atoms. The Morgan fingerprint density at radius 3 is 2.36 bits per heavy atom. The van der Waals surface area contributed by atoms with Crippen molar-refractivity contribution in [3.05, 3.63) is 58.4 Å². The molecule has 1 aliphatic carbocycles. The summed E-state index contributed by atoms with van der Waals surface area (Å²) in [6.07, 6.45) is -2.18. The molecule has 0 unspecified atom stereocenters. The molecule has 0 bridgehead atoms. The number of nitrogens with zero attached hydrogens (tertiary/aromatic N) is 1. The second-order valence-corrected chi connectivity index (χ2v) is 13.1. The Hall–Kier alpha value is -3.12. The Kier molecular flexibility index (Phi) is 7.50. The number of hydrogen-bond acceptors (Lipinski definition) is 6. The predicted molar refractivity (Wildman–Crippen MR) is 136 cm³/mol. The van der Waals surface area contributed by atoms with E-state index in [2.05, 4.69) is 5.32 Å². The van der Waals surface area contributed by atoms with E-state index in [0.717, 1.165) is 11.0 Å². The highest BCUT2D eigenvalue weighted by Gasteiger charge is 2.57. The fourth-order valence-corrected chi connectivity index (χ4v) is 5.96. The molecule has 210 valence electrons. The third-order valence-electron chi connectivity index (χ3n) is 6.26. The largest absolute Gasteiger partial charge is 0.444 e. The first kappa shape index (κ1) is 28.9. The van der Waals surface area contributed by atoms with Crippen molar-refractivity contribution in [2.24, 2.45) is 5.92 Å². The van der Waals surface area contributed by atoms with Crippen molar-refractivity contribution in [2.45, 2.75) is 62.6 Å². The lowest BCUT2D eigenvalue weighted by Crippen LogP contribution is -2.51. The summed E-state index contributed by atoms with van der Waals surface area (Å²) in [6, 6.07) is 6.14. The lowest BCUT2D eigenvalue weighted by molar-refractivity contribution is -0.120. The molecular weight excluding hydrogens is 561 g/mol. The van der Waals surface area contributed by atoms with E-state index in [4.69, 9.17) is 16.3 Å². The van der Waals surface area contributed by atoms with Crippen LogP contribution in [-0.2, 0) is 25.9 Å². The highest BCUT2D eigenvalue weighted by atomic mass is 35.5. The van der Waals surface area contributed by atoms with E-state index < -0.39 is 86.0 Å². The third-order valence-corrected chi connectivity index (χ3v) is 8.28. The molecule has 8 nitrogen and oxygen atoms in total. The number of rotatable bonds is 6. The molecule has 2 aromatic carbocycles. The summed E-state index contributed by atoms with van der Waals surface area (Å²) >= 11 is 5.95. The number of sulfone groups is 1. The lowest BCUT2D eigenvalue weighted by atomic mass is 10.0. The van der Waals surface area contributed by atoms with E-state index in [0.29, 0.717) is 16.7 Å². The summed E-state index contributed by atoms with van der Waals surface area (Å²) in [5, 5.41) is 2.68. The average molecular weight is 587 g/mol. The van der Waals surface area contributed by atoms with Crippen molar-refractivity contribution in [1.29, 1.82) is 0 Å². The van der Waals surface area contributed by atoms with Gasteiger partial charge in [-0.3, -0.25) is 9.59 Å². The zero-order valence-corrected chi connectivity index (χ0v) is 22.8. The number of benzene rings is 2. The number of Topliss-reactive ketones (excluding diaryl/α,β-unsaturated/α-hetero) is 1. The number of ketones is 1. The minimum atomic E-state index is -4.40. The summed E-state index contributed by atoms with van der Waals surface area (Å²) in [5.41, 5.74) is -1.36. The molecule has 0 aromatic heterocycles. The van der Waals surface area contributed by atoms with E-state index in [1.807, 2.05) is 0 Å². The molecule has 1 heterocycles. The number of carbonyl (C=O) groups is 3. The third kappa shape index (κ3) is 6.55. The topological polar surface area (TPSA) is 110 Å². The second-order valence-electron chi connectivity index (χ2n) is 10.6. The summed E-state index contributed by atoms with van der Waals surface area (Å²) in [4.78, 5) is 39.3. The number of amides is 2. The minimum Gasteiger partial charge on any atom is -0.444 e. The van der Waals surface area contributed by atoms with Gasteiger partial charge in [-0.2, -0.15) is 0 Å². The maximum atomic E-state index is 15.1. The second kappa shape index (κ2) is 10.1. The highest BCUT2D eigenvalue weighted by Crippen LogP contribution is 2.51. The number of halogens is 4.